The zero-order valence-corrected chi connectivity index (χ0v) is 25.6. The summed E-state index contributed by atoms with van der Waals surface area (Å²) >= 11 is 0. The minimum Gasteiger partial charge on any atom is -0.496 e. The number of hydrogen-bond donors (Lipinski definition) is 0. The van der Waals surface area contributed by atoms with Crippen LogP contribution in [0.2, 0.25) is 0 Å². The lowest BCUT2D eigenvalue weighted by Crippen LogP contribution is -2.10. The number of fused-ring (bicyclic) bond motifs is 1. The molecule has 5 rings (SSSR count). The minimum atomic E-state index is -0.433. The lowest BCUT2D eigenvalue weighted by Gasteiger charge is -2.16. The quantitative estimate of drug-likeness (QED) is 0.144. The molecule has 0 aliphatic carbocycles. The van der Waals surface area contributed by atoms with Gasteiger partial charge in [-0.1, -0.05) is 50.2 Å². The molecule has 44 heavy (non-hydrogen) atoms. The first-order valence-electron chi connectivity index (χ1n) is 14.4. The Labute approximate surface area is 256 Å². The molecule has 2 heterocycles. The summed E-state index contributed by atoms with van der Waals surface area (Å²) in [5.41, 5.74) is 5.64. The number of ether oxygens (including phenoxy) is 4. The van der Waals surface area contributed by atoms with E-state index in [4.69, 9.17) is 23.9 Å². The van der Waals surface area contributed by atoms with Gasteiger partial charge in [-0.3, -0.25) is 0 Å². The van der Waals surface area contributed by atoms with Crippen molar-refractivity contribution in [3.63, 3.8) is 0 Å². The van der Waals surface area contributed by atoms with Gasteiger partial charge in [-0.25, -0.2) is 19.2 Å². The van der Waals surface area contributed by atoms with Crippen molar-refractivity contribution in [2.24, 2.45) is 0 Å². The van der Waals surface area contributed by atoms with Gasteiger partial charge in [0.05, 0.1) is 43.1 Å². The van der Waals surface area contributed by atoms with Crippen molar-refractivity contribution < 1.29 is 28.1 Å². The molecule has 5 aromatic rings. The predicted octanol–water partition coefficient (Wildman–Crippen LogP) is 6.97. The van der Waals surface area contributed by atoms with E-state index in [2.05, 4.69) is 24.9 Å². The second kappa shape index (κ2) is 13.7. The van der Waals surface area contributed by atoms with Gasteiger partial charge in [-0.2, -0.15) is 0 Å². The zero-order valence-electron chi connectivity index (χ0n) is 25.6. The standard InChI is InChI=1S/C35H36FN3O5/c1-22(2)27-9-6-8-26(34(27)42-4)21-44-33-11-7-10-29(38-33)24-13-12-23(28(36)18-24)20-32-37-30-15-14-25(35(40)43-5)19-31(30)39(32)16-17-41-3/h6-15,18-19,22H,16-17,20-21H2,1-5H3. The summed E-state index contributed by atoms with van der Waals surface area (Å²) in [6, 6.07) is 21.7. The van der Waals surface area contributed by atoms with E-state index in [1.54, 1.807) is 44.6 Å². The number of pyridine rings is 1. The van der Waals surface area contributed by atoms with Crippen LogP contribution in [0.3, 0.4) is 0 Å². The number of imidazole rings is 1. The summed E-state index contributed by atoms with van der Waals surface area (Å²) in [4.78, 5) is 21.5. The normalized spacial score (nSPS) is 11.2. The molecule has 0 atom stereocenters. The maximum Gasteiger partial charge on any atom is 0.337 e. The molecule has 0 amide bonds. The van der Waals surface area contributed by atoms with E-state index in [1.807, 2.05) is 34.9 Å². The maximum atomic E-state index is 15.5. The summed E-state index contributed by atoms with van der Waals surface area (Å²) in [7, 11) is 4.62. The number of carbonyl (C=O) groups is 1. The maximum absolute atomic E-state index is 15.5. The first-order chi connectivity index (χ1) is 21.3. The summed E-state index contributed by atoms with van der Waals surface area (Å²) in [5, 5.41) is 0. The fourth-order valence-electron chi connectivity index (χ4n) is 5.23. The number of hydrogen-bond acceptors (Lipinski definition) is 7. The monoisotopic (exact) mass is 597 g/mol. The predicted molar refractivity (Wildman–Crippen MR) is 167 cm³/mol. The van der Waals surface area contributed by atoms with Crippen LogP contribution in [0.1, 0.15) is 52.6 Å². The van der Waals surface area contributed by atoms with Gasteiger partial charge in [0.1, 0.15) is 24.0 Å². The zero-order chi connectivity index (χ0) is 31.2. The van der Waals surface area contributed by atoms with Gasteiger partial charge < -0.3 is 23.5 Å². The van der Waals surface area contributed by atoms with Crippen molar-refractivity contribution in [1.29, 1.82) is 0 Å². The van der Waals surface area contributed by atoms with Crippen LogP contribution in [0.15, 0.2) is 72.8 Å². The third-order valence-corrected chi connectivity index (χ3v) is 7.52. The molecule has 0 fully saturated rings. The molecule has 2 aromatic heterocycles. The average Bonchev–Trinajstić information content (AvgIpc) is 3.38. The molecule has 0 aliphatic rings. The van der Waals surface area contributed by atoms with Crippen LogP contribution in [0.5, 0.6) is 11.6 Å². The summed E-state index contributed by atoms with van der Waals surface area (Å²) in [5.74, 6) is 1.42. The van der Waals surface area contributed by atoms with Gasteiger partial charge >= 0.3 is 5.97 Å². The molecular weight excluding hydrogens is 561 g/mol. The second-order valence-corrected chi connectivity index (χ2v) is 10.7. The van der Waals surface area contributed by atoms with Gasteiger partial charge in [0.25, 0.3) is 0 Å². The van der Waals surface area contributed by atoms with E-state index in [-0.39, 0.29) is 12.2 Å². The molecule has 0 saturated heterocycles. The van der Waals surface area contributed by atoms with Crippen molar-refractivity contribution in [2.45, 2.75) is 39.3 Å². The third kappa shape index (κ3) is 6.58. The molecule has 8 nitrogen and oxygen atoms in total. The average molecular weight is 598 g/mol. The van der Waals surface area contributed by atoms with Gasteiger partial charge in [0.2, 0.25) is 5.88 Å². The molecule has 3 aromatic carbocycles. The molecule has 9 heteroatoms. The molecule has 228 valence electrons. The highest BCUT2D eigenvalue weighted by Gasteiger charge is 2.17. The van der Waals surface area contributed by atoms with Crippen molar-refractivity contribution in [2.75, 3.05) is 27.9 Å². The summed E-state index contributed by atoms with van der Waals surface area (Å²) in [6.45, 7) is 5.47. The number of rotatable bonds is 12. The topological polar surface area (TPSA) is 84.7 Å². The molecule has 0 unspecified atom stereocenters. The highest BCUT2D eigenvalue weighted by atomic mass is 19.1. The Morgan fingerprint density at radius 2 is 1.75 bits per heavy atom. The fraction of sp³-hybridized carbons (Fsp3) is 0.286. The number of halogens is 1. The van der Waals surface area contributed by atoms with Crippen LogP contribution < -0.4 is 9.47 Å². The lowest BCUT2D eigenvalue weighted by molar-refractivity contribution is 0.0601. The Kier molecular flexibility index (Phi) is 9.55. The van der Waals surface area contributed by atoms with Crippen LogP contribution in [0, 0.1) is 5.82 Å². The Morgan fingerprint density at radius 3 is 2.48 bits per heavy atom. The van der Waals surface area contributed by atoms with Gasteiger partial charge in [0.15, 0.2) is 0 Å². The number of para-hydroxylation sites is 1. The fourth-order valence-corrected chi connectivity index (χ4v) is 5.23. The molecule has 0 spiro atoms. The van der Waals surface area contributed by atoms with Crippen molar-refractivity contribution in [1.82, 2.24) is 14.5 Å². The summed E-state index contributed by atoms with van der Waals surface area (Å²) < 4.78 is 39.4. The summed E-state index contributed by atoms with van der Waals surface area (Å²) in [6.07, 6.45) is 0.256. The number of carbonyl (C=O) groups excluding carboxylic acids is 1. The molecule has 0 N–H and O–H groups in total. The van der Waals surface area contributed by atoms with E-state index in [0.29, 0.717) is 65.3 Å². The van der Waals surface area contributed by atoms with Crippen molar-refractivity contribution in [3.05, 3.63) is 107 Å². The number of benzene rings is 3. The molecule has 0 bridgehead atoms. The van der Waals surface area contributed by atoms with Crippen LogP contribution in [0.25, 0.3) is 22.3 Å². The van der Waals surface area contributed by atoms with Crippen molar-refractivity contribution in [3.8, 4) is 22.9 Å². The first kappa shape index (κ1) is 30.7. The Hall–Kier alpha value is -4.76. The van der Waals surface area contributed by atoms with E-state index < -0.39 is 5.97 Å². The van der Waals surface area contributed by atoms with E-state index in [9.17, 15) is 4.79 Å². The van der Waals surface area contributed by atoms with E-state index in [1.165, 1.54) is 13.2 Å². The molecular formula is C35H36FN3O5. The van der Waals surface area contributed by atoms with Crippen LogP contribution in [0.4, 0.5) is 4.39 Å². The van der Waals surface area contributed by atoms with Crippen LogP contribution >= 0.6 is 0 Å². The Balaban J connectivity index is 1.37. The second-order valence-electron chi connectivity index (χ2n) is 10.7. The van der Waals surface area contributed by atoms with E-state index in [0.717, 1.165) is 22.4 Å². The van der Waals surface area contributed by atoms with Crippen molar-refractivity contribution >= 4 is 17.0 Å². The first-order valence-corrected chi connectivity index (χ1v) is 14.4. The highest BCUT2D eigenvalue weighted by molar-refractivity contribution is 5.93. The number of nitrogens with zero attached hydrogens (tertiary/aromatic N) is 3. The Bertz CT molecular complexity index is 1780. The van der Waals surface area contributed by atoms with Gasteiger partial charge in [0, 0.05) is 37.3 Å². The number of esters is 1. The SMILES string of the molecule is COCCn1c(Cc2ccc(-c3cccc(OCc4cccc(C(C)C)c4OC)n3)cc2F)nc2ccc(C(=O)OC)cc21. The minimum absolute atomic E-state index is 0.256. The van der Waals surface area contributed by atoms with Crippen LogP contribution in [-0.2, 0) is 29.0 Å². The Morgan fingerprint density at radius 1 is 0.932 bits per heavy atom. The number of methoxy groups -OCH3 is 3. The molecule has 0 aliphatic heterocycles. The highest BCUT2D eigenvalue weighted by Crippen LogP contribution is 2.31. The molecule has 0 saturated carbocycles. The van der Waals surface area contributed by atoms with Gasteiger partial charge in [-0.05, 0) is 47.4 Å². The molecule has 0 radical (unpaired) electrons. The largest absolute Gasteiger partial charge is 0.496 e. The van der Waals surface area contributed by atoms with Gasteiger partial charge in [-0.15, -0.1) is 0 Å². The smallest absolute Gasteiger partial charge is 0.337 e. The van der Waals surface area contributed by atoms with E-state index >= 15 is 4.39 Å². The third-order valence-electron chi connectivity index (χ3n) is 7.52. The van der Waals surface area contributed by atoms with Crippen LogP contribution in [-0.4, -0.2) is 48.4 Å². The number of aromatic nitrogens is 3. The lowest BCUT2D eigenvalue weighted by atomic mass is 9.99.